The summed E-state index contributed by atoms with van der Waals surface area (Å²) in [6.45, 7) is 2.47. The van der Waals surface area contributed by atoms with E-state index in [2.05, 4.69) is 15.5 Å². The van der Waals surface area contributed by atoms with Crippen LogP contribution in [0.1, 0.15) is 39.5 Å². The third-order valence-corrected chi connectivity index (χ3v) is 8.14. The van der Waals surface area contributed by atoms with Crippen molar-refractivity contribution in [2.75, 3.05) is 23.3 Å². The molecule has 1 fully saturated rings. The quantitative estimate of drug-likeness (QED) is 0.275. The first-order valence-electron chi connectivity index (χ1n) is 14.1. The molecule has 8 heteroatoms. The molecule has 2 bridgehead atoms. The van der Waals surface area contributed by atoms with Gasteiger partial charge in [-0.25, -0.2) is 0 Å². The molecule has 6 rings (SSSR count). The molecule has 3 aromatic carbocycles. The highest BCUT2D eigenvalue weighted by Gasteiger charge is 2.35. The largest absolute Gasteiger partial charge is 0.369 e. The number of amides is 2. The molecule has 1 aromatic heterocycles. The van der Waals surface area contributed by atoms with Crippen LogP contribution in [0.3, 0.4) is 0 Å². The van der Waals surface area contributed by atoms with Gasteiger partial charge >= 0.3 is 0 Å². The standard InChI is InChI=1S/C34H31ClN4O3/c35-28-9-4-8-24(17-28)19-36-34(42)26-13-14-31(29(18-26)37-32(40)15-12-23-6-2-1-3-7-23)38-20-25-16-27(22-38)30-10-5-11-33(41)39(30)21-25/h1-15,17-18,25,27H,16,19-22H2,(H,36,42)(H,37,40). The number of fused-ring (bicyclic) bond motifs is 4. The molecule has 2 N–H and O–H groups in total. The highest BCUT2D eigenvalue weighted by Crippen LogP contribution is 2.39. The van der Waals surface area contributed by atoms with E-state index >= 15 is 0 Å². The van der Waals surface area contributed by atoms with Crippen molar-refractivity contribution in [3.8, 4) is 0 Å². The molecule has 2 aliphatic rings. The van der Waals surface area contributed by atoms with Crippen LogP contribution >= 0.6 is 11.6 Å². The lowest BCUT2D eigenvalue weighted by Gasteiger charge is -2.44. The highest BCUT2D eigenvalue weighted by atomic mass is 35.5. The maximum atomic E-state index is 13.2. The van der Waals surface area contributed by atoms with Gasteiger partial charge in [-0.2, -0.15) is 0 Å². The predicted octanol–water partition coefficient (Wildman–Crippen LogP) is 5.71. The molecule has 2 aliphatic heterocycles. The summed E-state index contributed by atoms with van der Waals surface area (Å²) in [5, 5.41) is 6.59. The van der Waals surface area contributed by atoms with Crippen LogP contribution in [0.15, 0.2) is 102 Å². The average molecular weight is 579 g/mol. The molecule has 0 spiro atoms. The minimum atomic E-state index is -0.286. The van der Waals surface area contributed by atoms with Gasteiger partial charge in [-0.15, -0.1) is 0 Å². The van der Waals surface area contributed by atoms with E-state index in [9.17, 15) is 14.4 Å². The number of aromatic nitrogens is 1. The van der Waals surface area contributed by atoms with Crippen molar-refractivity contribution in [2.24, 2.45) is 5.92 Å². The molecular weight excluding hydrogens is 548 g/mol. The number of hydrogen-bond donors (Lipinski definition) is 2. The molecule has 0 saturated carbocycles. The van der Waals surface area contributed by atoms with Crippen molar-refractivity contribution >= 4 is 40.9 Å². The summed E-state index contributed by atoms with van der Waals surface area (Å²) in [4.78, 5) is 41.0. The van der Waals surface area contributed by atoms with E-state index in [0.29, 0.717) is 41.8 Å². The Morgan fingerprint density at radius 3 is 2.57 bits per heavy atom. The van der Waals surface area contributed by atoms with Crippen LogP contribution < -0.4 is 21.1 Å². The number of pyridine rings is 1. The van der Waals surface area contributed by atoms with Crippen LogP contribution in [-0.4, -0.2) is 29.5 Å². The maximum absolute atomic E-state index is 13.2. The van der Waals surface area contributed by atoms with E-state index in [4.69, 9.17) is 11.6 Å². The van der Waals surface area contributed by atoms with E-state index in [-0.39, 0.29) is 23.3 Å². The number of piperidine rings is 1. The Bertz CT molecular complexity index is 1720. The Balaban J connectivity index is 1.26. The molecule has 4 aromatic rings. The minimum Gasteiger partial charge on any atom is -0.369 e. The number of anilines is 2. The first-order valence-corrected chi connectivity index (χ1v) is 14.5. The zero-order valence-electron chi connectivity index (χ0n) is 23.0. The van der Waals surface area contributed by atoms with Gasteiger partial charge < -0.3 is 20.1 Å². The summed E-state index contributed by atoms with van der Waals surface area (Å²) in [7, 11) is 0. The molecule has 42 heavy (non-hydrogen) atoms. The highest BCUT2D eigenvalue weighted by molar-refractivity contribution is 6.30. The molecule has 3 heterocycles. The number of nitrogens with zero attached hydrogens (tertiary/aromatic N) is 2. The average Bonchev–Trinajstić information content (AvgIpc) is 3.00. The molecular formula is C34H31ClN4O3. The van der Waals surface area contributed by atoms with Crippen molar-refractivity contribution in [1.82, 2.24) is 9.88 Å². The maximum Gasteiger partial charge on any atom is 0.251 e. The molecule has 212 valence electrons. The molecule has 7 nitrogen and oxygen atoms in total. The topological polar surface area (TPSA) is 83.4 Å². The molecule has 0 aliphatic carbocycles. The Labute approximate surface area is 249 Å². The molecule has 2 atom stereocenters. The van der Waals surface area contributed by atoms with Crippen molar-refractivity contribution in [3.05, 3.63) is 135 Å². The summed E-state index contributed by atoms with van der Waals surface area (Å²) in [6.07, 6.45) is 4.28. The van der Waals surface area contributed by atoms with Gasteiger partial charge in [0, 0.05) is 60.5 Å². The second kappa shape index (κ2) is 12.1. The van der Waals surface area contributed by atoms with Crippen molar-refractivity contribution in [3.63, 3.8) is 0 Å². The monoisotopic (exact) mass is 578 g/mol. The van der Waals surface area contributed by atoms with Crippen LogP contribution in [0, 0.1) is 5.92 Å². The van der Waals surface area contributed by atoms with E-state index in [1.165, 1.54) is 6.08 Å². The van der Waals surface area contributed by atoms with Crippen molar-refractivity contribution in [2.45, 2.75) is 25.4 Å². The van der Waals surface area contributed by atoms with Gasteiger partial charge in [0.2, 0.25) is 5.91 Å². The van der Waals surface area contributed by atoms with Crippen molar-refractivity contribution in [1.29, 1.82) is 0 Å². The fraction of sp³-hybridized carbons (Fsp3) is 0.206. The Morgan fingerprint density at radius 2 is 1.74 bits per heavy atom. The SMILES string of the molecule is O=C(C=Cc1ccccc1)Nc1cc(C(=O)NCc2cccc(Cl)c2)ccc1N1CC2CC(C1)c1cccc(=O)n1C2. The van der Waals surface area contributed by atoms with Gasteiger partial charge in [0.05, 0.1) is 11.4 Å². The lowest BCUT2D eigenvalue weighted by Crippen LogP contribution is -2.47. The van der Waals surface area contributed by atoms with Gasteiger partial charge in [0.25, 0.3) is 11.5 Å². The van der Waals surface area contributed by atoms with E-state index in [0.717, 1.165) is 35.5 Å². The fourth-order valence-electron chi connectivity index (χ4n) is 5.99. The number of carbonyl (C=O) groups is 2. The van der Waals surface area contributed by atoms with Gasteiger partial charge in [0.1, 0.15) is 0 Å². The van der Waals surface area contributed by atoms with E-state index in [1.54, 1.807) is 30.3 Å². The van der Waals surface area contributed by atoms with Crippen LogP contribution in [0.2, 0.25) is 5.02 Å². The van der Waals surface area contributed by atoms with Crippen LogP contribution in [0.4, 0.5) is 11.4 Å². The number of rotatable bonds is 7. The van der Waals surface area contributed by atoms with Gasteiger partial charge in [0.15, 0.2) is 0 Å². The van der Waals surface area contributed by atoms with Crippen LogP contribution in [-0.2, 0) is 17.9 Å². The smallest absolute Gasteiger partial charge is 0.251 e. The fourth-order valence-corrected chi connectivity index (χ4v) is 6.20. The first-order chi connectivity index (χ1) is 20.4. The minimum absolute atomic E-state index is 0.0435. The summed E-state index contributed by atoms with van der Waals surface area (Å²) in [5.74, 6) is -0.0292. The van der Waals surface area contributed by atoms with Gasteiger partial charge in [-0.05, 0) is 65.9 Å². The lowest BCUT2D eigenvalue weighted by molar-refractivity contribution is -0.111. The third-order valence-electron chi connectivity index (χ3n) is 7.91. The second-order valence-electron chi connectivity index (χ2n) is 10.9. The number of halogens is 1. The van der Waals surface area contributed by atoms with Crippen LogP contribution in [0.5, 0.6) is 0 Å². The van der Waals surface area contributed by atoms with Crippen molar-refractivity contribution < 1.29 is 9.59 Å². The zero-order chi connectivity index (χ0) is 29.1. The summed E-state index contributed by atoms with van der Waals surface area (Å²) < 4.78 is 1.90. The second-order valence-corrected chi connectivity index (χ2v) is 11.3. The summed E-state index contributed by atoms with van der Waals surface area (Å²) >= 11 is 6.09. The molecule has 1 saturated heterocycles. The van der Waals surface area contributed by atoms with Crippen LogP contribution in [0.25, 0.3) is 6.08 Å². The zero-order valence-corrected chi connectivity index (χ0v) is 23.8. The predicted molar refractivity (Wildman–Crippen MR) is 167 cm³/mol. The Morgan fingerprint density at radius 1 is 0.905 bits per heavy atom. The number of hydrogen-bond acceptors (Lipinski definition) is 4. The lowest BCUT2D eigenvalue weighted by atomic mass is 9.83. The Hall–Kier alpha value is -4.62. The summed E-state index contributed by atoms with van der Waals surface area (Å²) in [5.41, 5.74) is 4.77. The van der Waals surface area contributed by atoms with Gasteiger partial charge in [-0.3, -0.25) is 14.4 Å². The van der Waals surface area contributed by atoms with E-state index in [1.807, 2.05) is 71.3 Å². The first kappa shape index (κ1) is 27.5. The Kier molecular flexibility index (Phi) is 7.93. The normalized spacial score (nSPS) is 17.5. The molecule has 2 amide bonds. The third kappa shape index (κ3) is 6.16. The molecule has 2 unspecified atom stereocenters. The van der Waals surface area contributed by atoms with E-state index < -0.39 is 0 Å². The molecule has 0 radical (unpaired) electrons. The summed E-state index contributed by atoms with van der Waals surface area (Å²) in [6, 6.07) is 27.9. The number of carbonyl (C=O) groups excluding carboxylic acids is 2. The number of nitrogens with one attached hydrogen (secondary N) is 2. The number of benzene rings is 3. The van der Waals surface area contributed by atoms with Gasteiger partial charge in [-0.1, -0.05) is 60.1 Å².